The maximum atomic E-state index is 4.25. The maximum Gasteiger partial charge on any atom is 0.227 e. The fraction of sp³-hybridized carbons (Fsp3) is 0.0909. The van der Waals surface area contributed by atoms with Crippen LogP contribution in [0.15, 0.2) is 41.4 Å². The lowest BCUT2D eigenvalue weighted by Crippen LogP contribution is -1.97. The molecule has 0 spiro atoms. The van der Waals surface area contributed by atoms with Gasteiger partial charge in [0.1, 0.15) is 0 Å². The Morgan fingerprint density at radius 3 is 2.53 bits per heavy atom. The molecule has 0 amide bonds. The molecule has 3 nitrogen and oxygen atoms in total. The minimum atomic E-state index is 0.613. The lowest BCUT2D eigenvalue weighted by molar-refractivity contribution is 1.10. The van der Waals surface area contributed by atoms with Gasteiger partial charge in [-0.2, -0.15) is 0 Å². The van der Waals surface area contributed by atoms with E-state index >= 15 is 0 Å². The van der Waals surface area contributed by atoms with E-state index in [1.165, 1.54) is 0 Å². The third kappa shape index (κ3) is 2.70. The molecule has 0 atom stereocenters. The maximum absolute atomic E-state index is 4.25. The highest BCUT2D eigenvalue weighted by atomic mass is 32.1. The number of aryl methyl sites for hydroxylation is 1. The van der Waals surface area contributed by atoms with Crippen molar-refractivity contribution in [1.82, 2.24) is 9.97 Å². The highest BCUT2D eigenvalue weighted by molar-refractivity contribution is 7.80. The average molecular weight is 217 g/mol. The van der Waals surface area contributed by atoms with Crippen molar-refractivity contribution in [3.05, 3.63) is 42.2 Å². The molecule has 0 bridgehead atoms. The van der Waals surface area contributed by atoms with Crippen molar-refractivity contribution in [2.45, 2.75) is 11.8 Å². The molecular formula is C11H11N3S. The van der Waals surface area contributed by atoms with E-state index in [1.54, 1.807) is 6.20 Å². The molecule has 0 aliphatic heterocycles. The molecule has 0 unspecified atom stereocenters. The van der Waals surface area contributed by atoms with E-state index in [0.29, 0.717) is 5.95 Å². The molecule has 76 valence electrons. The summed E-state index contributed by atoms with van der Waals surface area (Å²) in [6.45, 7) is 1.93. The van der Waals surface area contributed by atoms with Gasteiger partial charge in [-0.05, 0) is 37.3 Å². The zero-order valence-electron chi connectivity index (χ0n) is 8.31. The predicted molar refractivity (Wildman–Crippen MR) is 63.7 cm³/mol. The van der Waals surface area contributed by atoms with Crippen LogP contribution < -0.4 is 5.32 Å². The summed E-state index contributed by atoms with van der Waals surface area (Å²) in [5.41, 5.74) is 1.90. The molecule has 0 aliphatic rings. The summed E-state index contributed by atoms with van der Waals surface area (Å²) in [5, 5.41) is 3.12. The van der Waals surface area contributed by atoms with Gasteiger partial charge in [-0.25, -0.2) is 9.97 Å². The van der Waals surface area contributed by atoms with E-state index in [2.05, 4.69) is 27.9 Å². The van der Waals surface area contributed by atoms with Gasteiger partial charge in [0.2, 0.25) is 5.95 Å². The van der Waals surface area contributed by atoms with Crippen LogP contribution in [0.2, 0.25) is 0 Å². The second-order valence-corrected chi connectivity index (χ2v) is 3.71. The smallest absolute Gasteiger partial charge is 0.227 e. The third-order valence-corrected chi connectivity index (χ3v) is 2.22. The minimum Gasteiger partial charge on any atom is -0.324 e. The van der Waals surface area contributed by atoms with Crippen molar-refractivity contribution in [3.63, 3.8) is 0 Å². The zero-order chi connectivity index (χ0) is 10.7. The number of aromatic nitrogens is 2. The first kappa shape index (κ1) is 9.98. The minimum absolute atomic E-state index is 0.613. The SMILES string of the molecule is Cc1ccnc(Nc2ccc(S)cc2)n1. The molecule has 1 aromatic carbocycles. The van der Waals surface area contributed by atoms with Crippen molar-refractivity contribution in [1.29, 1.82) is 0 Å². The second kappa shape index (κ2) is 4.31. The Balaban J connectivity index is 2.18. The monoisotopic (exact) mass is 217 g/mol. The van der Waals surface area contributed by atoms with Crippen LogP contribution in [-0.4, -0.2) is 9.97 Å². The number of nitrogens with one attached hydrogen (secondary N) is 1. The number of rotatable bonds is 2. The summed E-state index contributed by atoms with van der Waals surface area (Å²) in [5.74, 6) is 0.613. The van der Waals surface area contributed by atoms with Gasteiger partial charge >= 0.3 is 0 Å². The van der Waals surface area contributed by atoms with Gasteiger partial charge < -0.3 is 5.32 Å². The number of benzene rings is 1. The number of thiol groups is 1. The Bertz CT molecular complexity index is 454. The zero-order valence-corrected chi connectivity index (χ0v) is 9.20. The van der Waals surface area contributed by atoms with E-state index in [9.17, 15) is 0 Å². The van der Waals surface area contributed by atoms with Crippen molar-refractivity contribution in [2.75, 3.05) is 5.32 Å². The van der Waals surface area contributed by atoms with Crippen LogP contribution in [0.4, 0.5) is 11.6 Å². The van der Waals surface area contributed by atoms with Crippen molar-refractivity contribution < 1.29 is 0 Å². The number of nitrogens with zero attached hydrogens (tertiary/aromatic N) is 2. The first-order chi connectivity index (χ1) is 7.24. The summed E-state index contributed by atoms with van der Waals surface area (Å²) in [4.78, 5) is 9.30. The largest absolute Gasteiger partial charge is 0.324 e. The molecular weight excluding hydrogens is 206 g/mol. The van der Waals surface area contributed by atoms with E-state index in [-0.39, 0.29) is 0 Å². The molecule has 4 heteroatoms. The number of anilines is 2. The van der Waals surface area contributed by atoms with Crippen LogP contribution in [0.3, 0.4) is 0 Å². The Labute approximate surface area is 94.0 Å². The second-order valence-electron chi connectivity index (χ2n) is 3.19. The Hall–Kier alpha value is -1.55. The number of hydrogen-bond donors (Lipinski definition) is 2. The lowest BCUT2D eigenvalue weighted by Gasteiger charge is -2.04. The lowest BCUT2D eigenvalue weighted by atomic mass is 10.3. The fourth-order valence-electron chi connectivity index (χ4n) is 1.18. The molecule has 2 rings (SSSR count). The molecule has 0 aliphatic carbocycles. The van der Waals surface area contributed by atoms with Gasteiger partial charge in [-0.3, -0.25) is 0 Å². The normalized spacial score (nSPS) is 10.0. The van der Waals surface area contributed by atoms with Crippen molar-refractivity contribution in [3.8, 4) is 0 Å². The molecule has 0 radical (unpaired) electrons. The summed E-state index contributed by atoms with van der Waals surface area (Å²) >= 11 is 4.22. The van der Waals surface area contributed by atoms with E-state index in [1.807, 2.05) is 37.3 Å². The Kier molecular flexibility index (Phi) is 2.87. The molecule has 1 heterocycles. The predicted octanol–water partition coefficient (Wildman–Crippen LogP) is 2.82. The molecule has 0 fully saturated rings. The van der Waals surface area contributed by atoms with Crippen LogP contribution in [0.5, 0.6) is 0 Å². The molecule has 15 heavy (non-hydrogen) atoms. The quantitative estimate of drug-likeness (QED) is 0.760. The van der Waals surface area contributed by atoms with Crippen LogP contribution >= 0.6 is 12.6 Å². The molecule has 0 saturated carbocycles. The van der Waals surface area contributed by atoms with Crippen molar-refractivity contribution in [2.24, 2.45) is 0 Å². The van der Waals surface area contributed by atoms with E-state index in [4.69, 9.17) is 0 Å². The molecule has 1 aromatic heterocycles. The molecule has 2 aromatic rings. The summed E-state index contributed by atoms with van der Waals surface area (Å²) in [6, 6.07) is 9.58. The Morgan fingerprint density at radius 2 is 1.87 bits per heavy atom. The van der Waals surface area contributed by atoms with Gasteiger partial charge in [-0.1, -0.05) is 0 Å². The van der Waals surface area contributed by atoms with Gasteiger partial charge in [0.25, 0.3) is 0 Å². The first-order valence-electron chi connectivity index (χ1n) is 4.60. The number of hydrogen-bond acceptors (Lipinski definition) is 4. The van der Waals surface area contributed by atoms with Crippen LogP contribution in [0, 0.1) is 6.92 Å². The van der Waals surface area contributed by atoms with Crippen LogP contribution in [0.25, 0.3) is 0 Å². The topological polar surface area (TPSA) is 37.8 Å². The van der Waals surface area contributed by atoms with Crippen LogP contribution in [0.1, 0.15) is 5.69 Å². The summed E-state index contributed by atoms with van der Waals surface area (Å²) in [7, 11) is 0. The average Bonchev–Trinajstić information content (AvgIpc) is 2.22. The Morgan fingerprint density at radius 1 is 1.13 bits per heavy atom. The highest BCUT2D eigenvalue weighted by Gasteiger charge is 1.96. The molecule has 0 saturated heterocycles. The first-order valence-corrected chi connectivity index (χ1v) is 5.04. The fourth-order valence-corrected chi connectivity index (χ4v) is 1.33. The summed E-state index contributed by atoms with van der Waals surface area (Å²) in [6.07, 6.45) is 1.73. The van der Waals surface area contributed by atoms with Crippen molar-refractivity contribution >= 4 is 24.3 Å². The standard InChI is InChI=1S/C11H11N3S/c1-8-6-7-12-11(13-8)14-9-2-4-10(15)5-3-9/h2-7,15H,1H3,(H,12,13,14). The van der Waals surface area contributed by atoms with Gasteiger partial charge in [0.15, 0.2) is 0 Å². The highest BCUT2D eigenvalue weighted by Crippen LogP contribution is 2.15. The van der Waals surface area contributed by atoms with E-state index in [0.717, 1.165) is 16.3 Å². The van der Waals surface area contributed by atoms with Gasteiger partial charge in [0, 0.05) is 22.5 Å². The van der Waals surface area contributed by atoms with E-state index < -0.39 is 0 Å². The van der Waals surface area contributed by atoms with Gasteiger partial charge in [0.05, 0.1) is 0 Å². The summed E-state index contributed by atoms with van der Waals surface area (Å²) < 4.78 is 0. The third-order valence-electron chi connectivity index (χ3n) is 1.92. The molecule has 1 N–H and O–H groups in total. The van der Waals surface area contributed by atoms with Gasteiger partial charge in [-0.15, -0.1) is 12.6 Å². The van der Waals surface area contributed by atoms with Crippen LogP contribution in [-0.2, 0) is 0 Å².